The Morgan fingerprint density at radius 1 is 0.500 bits per heavy atom. The molecule has 2 aromatic rings. The van der Waals surface area contributed by atoms with Crippen molar-refractivity contribution < 1.29 is 10.2 Å². The van der Waals surface area contributed by atoms with Crippen LogP contribution in [0.25, 0.3) is 0 Å². The fourth-order valence-corrected chi connectivity index (χ4v) is 7.96. The maximum atomic E-state index is 9.88. The molecule has 0 heterocycles. The lowest BCUT2D eigenvalue weighted by Crippen LogP contribution is -2.33. The van der Waals surface area contributed by atoms with Gasteiger partial charge in [0.1, 0.15) is 11.5 Å². The van der Waals surface area contributed by atoms with Gasteiger partial charge < -0.3 is 10.2 Å². The highest BCUT2D eigenvalue weighted by Crippen LogP contribution is 2.48. The van der Waals surface area contributed by atoms with Crippen LogP contribution in [0.2, 0.25) is 0 Å². The number of phenols is 2. The molecule has 222 valence electrons. The predicted octanol–water partition coefficient (Wildman–Crippen LogP) is 11.5. The van der Waals surface area contributed by atoms with Crippen LogP contribution >= 0.6 is 0 Å². The molecule has 0 atom stereocenters. The van der Waals surface area contributed by atoms with Crippen molar-refractivity contribution in [3.63, 3.8) is 0 Å². The number of phenolic OH excluding ortho intramolecular Hbond substituents is 2. The van der Waals surface area contributed by atoms with Crippen LogP contribution in [0, 0.1) is 17.8 Å². The van der Waals surface area contributed by atoms with E-state index >= 15 is 0 Å². The van der Waals surface area contributed by atoms with E-state index in [-0.39, 0.29) is 5.41 Å². The van der Waals surface area contributed by atoms with Crippen LogP contribution in [0.15, 0.2) is 48.5 Å². The number of hydrogen-bond donors (Lipinski definition) is 2. The monoisotopic (exact) mass is 546 g/mol. The zero-order valence-corrected chi connectivity index (χ0v) is 25.6. The van der Waals surface area contributed by atoms with E-state index < -0.39 is 0 Å². The normalized spacial score (nSPS) is 21.4. The Bertz CT molecular complexity index is 883. The molecule has 40 heavy (non-hydrogen) atoms. The molecule has 0 radical (unpaired) electrons. The minimum absolute atomic E-state index is 0.00933. The van der Waals surface area contributed by atoms with E-state index in [0.717, 1.165) is 30.6 Å². The Labute approximate surface area is 246 Å². The van der Waals surface area contributed by atoms with E-state index in [9.17, 15) is 10.2 Å². The lowest BCUT2D eigenvalue weighted by Gasteiger charge is -2.42. The first kappa shape index (κ1) is 31.0. The van der Waals surface area contributed by atoms with Crippen molar-refractivity contribution >= 4 is 0 Å². The topological polar surface area (TPSA) is 40.5 Å². The number of aromatic hydroxyl groups is 2. The highest BCUT2D eigenvalue weighted by atomic mass is 16.3. The Hall–Kier alpha value is -1.96. The smallest absolute Gasteiger partial charge is 0.115 e. The first-order valence-corrected chi connectivity index (χ1v) is 17.2. The van der Waals surface area contributed by atoms with E-state index in [4.69, 9.17) is 0 Å². The summed E-state index contributed by atoms with van der Waals surface area (Å²) in [5.41, 5.74) is 2.59. The largest absolute Gasteiger partial charge is 0.508 e. The zero-order chi connectivity index (χ0) is 28.0. The summed E-state index contributed by atoms with van der Waals surface area (Å²) in [5.74, 6) is 3.47. The first-order valence-electron chi connectivity index (χ1n) is 17.2. The summed E-state index contributed by atoms with van der Waals surface area (Å²) in [6.45, 7) is 2.30. The molecule has 4 rings (SSSR count). The van der Waals surface area contributed by atoms with Crippen LogP contribution in [0.1, 0.15) is 153 Å². The Morgan fingerprint density at radius 3 is 1.32 bits per heavy atom. The standard InChI is InChI=1S/C38H58O2/c1-2-3-4-5-6-7-8-9-10-11-12-31-13-15-32(16-14-31)17-18-33-27-29-38(30-28-33,34-19-23-36(39)24-20-34)35-21-25-37(40)26-22-35/h19-26,31-33,39-40H,2-18,27-30H2,1H3/t31-,32-. The Kier molecular flexibility index (Phi) is 12.8. The molecule has 0 bridgehead atoms. The van der Waals surface area contributed by atoms with Crippen molar-refractivity contribution in [2.75, 3.05) is 0 Å². The molecule has 2 N–H and O–H groups in total. The van der Waals surface area contributed by atoms with Crippen LogP contribution in [-0.2, 0) is 5.41 Å². The van der Waals surface area contributed by atoms with Crippen molar-refractivity contribution in [3.8, 4) is 11.5 Å². The van der Waals surface area contributed by atoms with Gasteiger partial charge in [0, 0.05) is 5.41 Å². The van der Waals surface area contributed by atoms with Gasteiger partial charge in [-0.2, -0.15) is 0 Å². The molecule has 2 saturated carbocycles. The van der Waals surface area contributed by atoms with Crippen molar-refractivity contribution in [2.24, 2.45) is 17.8 Å². The van der Waals surface area contributed by atoms with Crippen LogP contribution in [0.5, 0.6) is 11.5 Å². The third-order valence-corrected chi connectivity index (χ3v) is 10.7. The fraction of sp³-hybridized carbons (Fsp3) is 0.684. The summed E-state index contributed by atoms with van der Waals surface area (Å²) < 4.78 is 0. The van der Waals surface area contributed by atoms with Crippen molar-refractivity contribution in [3.05, 3.63) is 59.7 Å². The molecule has 2 aliphatic rings. The lowest BCUT2D eigenvalue weighted by molar-refractivity contribution is 0.208. The molecule has 2 heteroatoms. The van der Waals surface area contributed by atoms with Crippen LogP contribution in [0.4, 0.5) is 0 Å². The third kappa shape index (κ3) is 9.28. The SMILES string of the molecule is CCCCCCCCCCCC[C@H]1CC[C@H](CCC2CCC(c3ccc(O)cc3)(c3ccc(O)cc3)CC2)CC1. The fourth-order valence-electron chi connectivity index (χ4n) is 7.96. The average Bonchev–Trinajstić information content (AvgIpc) is 2.99. The van der Waals surface area contributed by atoms with Gasteiger partial charge in [0.2, 0.25) is 0 Å². The number of benzene rings is 2. The van der Waals surface area contributed by atoms with Crippen LogP contribution < -0.4 is 0 Å². The molecule has 0 aromatic heterocycles. The minimum atomic E-state index is -0.00933. The third-order valence-electron chi connectivity index (χ3n) is 10.7. The van der Waals surface area contributed by atoms with Gasteiger partial charge in [-0.1, -0.05) is 140 Å². The highest BCUT2D eigenvalue weighted by Gasteiger charge is 2.38. The zero-order valence-electron chi connectivity index (χ0n) is 25.6. The lowest BCUT2D eigenvalue weighted by atomic mass is 9.62. The maximum absolute atomic E-state index is 9.88. The van der Waals surface area contributed by atoms with Gasteiger partial charge >= 0.3 is 0 Å². The molecule has 0 aliphatic heterocycles. The summed E-state index contributed by atoms with van der Waals surface area (Å²) in [6.07, 6.45) is 29.5. The molecule has 0 amide bonds. The van der Waals surface area contributed by atoms with Gasteiger partial charge in [-0.05, 0) is 78.8 Å². The predicted molar refractivity (Wildman–Crippen MR) is 170 cm³/mol. The van der Waals surface area contributed by atoms with Crippen molar-refractivity contribution in [1.82, 2.24) is 0 Å². The van der Waals surface area contributed by atoms with Crippen molar-refractivity contribution in [2.45, 2.75) is 147 Å². The molecule has 2 aromatic carbocycles. The van der Waals surface area contributed by atoms with E-state index in [1.807, 2.05) is 24.3 Å². The average molecular weight is 547 g/mol. The molecular formula is C38H58O2. The molecule has 2 nitrogen and oxygen atoms in total. The summed E-state index contributed by atoms with van der Waals surface area (Å²) >= 11 is 0. The highest BCUT2D eigenvalue weighted by molar-refractivity contribution is 5.43. The number of hydrogen-bond acceptors (Lipinski definition) is 2. The molecule has 0 unspecified atom stereocenters. The van der Waals surface area contributed by atoms with Crippen molar-refractivity contribution in [1.29, 1.82) is 0 Å². The quantitative estimate of drug-likeness (QED) is 0.206. The first-order chi connectivity index (χ1) is 19.6. The van der Waals surface area contributed by atoms with Gasteiger partial charge in [-0.3, -0.25) is 0 Å². The summed E-state index contributed by atoms with van der Waals surface area (Å²) in [6, 6.07) is 15.7. The van der Waals surface area contributed by atoms with Crippen LogP contribution in [0.3, 0.4) is 0 Å². The molecular weight excluding hydrogens is 488 g/mol. The van der Waals surface area contributed by atoms with E-state index in [1.54, 1.807) is 0 Å². The van der Waals surface area contributed by atoms with E-state index in [1.165, 1.54) is 133 Å². The minimum Gasteiger partial charge on any atom is -0.508 e. The van der Waals surface area contributed by atoms with Gasteiger partial charge in [0.15, 0.2) is 0 Å². The van der Waals surface area contributed by atoms with Gasteiger partial charge in [-0.15, -0.1) is 0 Å². The Morgan fingerprint density at radius 2 is 0.875 bits per heavy atom. The Balaban J connectivity index is 1.12. The van der Waals surface area contributed by atoms with E-state index in [2.05, 4.69) is 31.2 Å². The van der Waals surface area contributed by atoms with Crippen LogP contribution in [-0.4, -0.2) is 10.2 Å². The second-order valence-electron chi connectivity index (χ2n) is 13.6. The molecule has 0 spiro atoms. The molecule has 2 fully saturated rings. The molecule has 2 aliphatic carbocycles. The summed E-state index contributed by atoms with van der Waals surface area (Å²) in [4.78, 5) is 0. The van der Waals surface area contributed by atoms with Gasteiger partial charge in [0.25, 0.3) is 0 Å². The van der Waals surface area contributed by atoms with Gasteiger partial charge in [0.05, 0.1) is 0 Å². The summed E-state index contributed by atoms with van der Waals surface area (Å²) in [5, 5.41) is 19.8. The molecule has 0 saturated heterocycles. The number of rotatable bonds is 16. The van der Waals surface area contributed by atoms with Gasteiger partial charge in [-0.25, -0.2) is 0 Å². The summed E-state index contributed by atoms with van der Waals surface area (Å²) in [7, 11) is 0. The number of unbranched alkanes of at least 4 members (excludes halogenated alkanes) is 9. The second kappa shape index (κ2) is 16.5. The second-order valence-corrected chi connectivity index (χ2v) is 13.6. The van der Waals surface area contributed by atoms with E-state index in [0.29, 0.717) is 11.5 Å². The maximum Gasteiger partial charge on any atom is 0.115 e.